The Morgan fingerprint density at radius 3 is 2.78 bits per heavy atom. The molecule has 0 fully saturated rings. The molecular formula is C12H14ClFN4. The van der Waals surface area contributed by atoms with E-state index < -0.39 is 5.82 Å². The monoisotopic (exact) mass is 268 g/mol. The van der Waals surface area contributed by atoms with Crippen molar-refractivity contribution in [3.8, 4) is 0 Å². The van der Waals surface area contributed by atoms with Crippen molar-refractivity contribution in [2.75, 3.05) is 11.1 Å². The zero-order chi connectivity index (χ0) is 13.3. The SMILES string of the molecule is Cc1nn(C)c(NCc2ccc(F)c(Cl)c2)c1N. The number of anilines is 2. The van der Waals surface area contributed by atoms with E-state index in [1.54, 1.807) is 16.8 Å². The highest BCUT2D eigenvalue weighted by Crippen LogP contribution is 2.22. The third kappa shape index (κ3) is 2.41. The number of hydrogen-bond donors (Lipinski definition) is 2. The van der Waals surface area contributed by atoms with E-state index in [9.17, 15) is 4.39 Å². The molecule has 6 heteroatoms. The van der Waals surface area contributed by atoms with Crippen LogP contribution in [0.25, 0.3) is 0 Å². The summed E-state index contributed by atoms with van der Waals surface area (Å²) < 4.78 is 14.7. The predicted octanol–water partition coefficient (Wildman–Crippen LogP) is 2.72. The maximum Gasteiger partial charge on any atom is 0.148 e. The Balaban J connectivity index is 2.14. The molecule has 0 radical (unpaired) electrons. The summed E-state index contributed by atoms with van der Waals surface area (Å²) in [6, 6.07) is 4.61. The standard InChI is InChI=1S/C12H14ClFN4/c1-7-11(15)12(18(2)17-7)16-6-8-3-4-10(14)9(13)5-8/h3-5,16H,6,15H2,1-2H3. The van der Waals surface area contributed by atoms with Gasteiger partial charge in [-0.15, -0.1) is 0 Å². The lowest BCUT2D eigenvalue weighted by atomic mass is 10.2. The van der Waals surface area contributed by atoms with Gasteiger partial charge < -0.3 is 11.1 Å². The Labute approximate surface area is 110 Å². The first-order valence-corrected chi connectivity index (χ1v) is 5.83. The minimum atomic E-state index is -0.420. The van der Waals surface area contributed by atoms with Crippen LogP contribution in [0.2, 0.25) is 5.02 Å². The summed E-state index contributed by atoms with van der Waals surface area (Å²) in [6.45, 7) is 2.35. The van der Waals surface area contributed by atoms with Gasteiger partial charge in [-0.3, -0.25) is 4.68 Å². The van der Waals surface area contributed by atoms with Gasteiger partial charge in [-0.25, -0.2) is 4.39 Å². The molecule has 2 rings (SSSR count). The predicted molar refractivity (Wildman–Crippen MR) is 71.1 cm³/mol. The van der Waals surface area contributed by atoms with Crippen LogP contribution in [-0.4, -0.2) is 9.78 Å². The summed E-state index contributed by atoms with van der Waals surface area (Å²) in [4.78, 5) is 0. The number of halogens is 2. The molecule has 2 aromatic rings. The number of nitrogens with one attached hydrogen (secondary N) is 1. The number of nitrogens with two attached hydrogens (primary N) is 1. The fourth-order valence-corrected chi connectivity index (χ4v) is 1.92. The summed E-state index contributed by atoms with van der Waals surface area (Å²) >= 11 is 5.72. The first kappa shape index (κ1) is 12.7. The Hall–Kier alpha value is -1.75. The average molecular weight is 269 g/mol. The van der Waals surface area contributed by atoms with Crippen LogP contribution in [-0.2, 0) is 13.6 Å². The van der Waals surface area contributed by atoms with Crippen LogP contribution in [0, 0.1) is 12.7 Å². The zero-order valence-electron chi connectivity index (χ0n) is 10.2. The molecule has 1 aromatic carbocycles. The molecule has 0 aliphatic heterocycles. The topological polar surface area (TPSA) is 55.9 Å². The summed E-state index contributed by atoms with van der Waals surface area (Å²) in [5.74, 6) is 0.323. The minimum absolute atomic E-state index is 0.114. The molecule has 0 saturated heterocycles. The largest absolute Gasteiger partial charge is 0.394 e. The van der Waals surface area contributed by atoms with E-state index in [0.717, 1.165) is 17.1 Å². The van der Waals surface area contributed by atoms with Gasteiger partial charge in [0.1, 0.15) is 11.6 Å². The van der Waals surface area contributed by atoms with Crippen molar-refractivity contribution in [3.63, 3.8) is 0 Å². The normalized spacial score (nSPS) is 10.7. The first-order chi connectivity index (χ1) is 8.49. The number of nitrogens with zero attached hydrogens (tertiary/aromatic N) is 2. The van der Waals surface area contributed by atoms with Crippen LogP contribution in [0.5, 0.6) is 0 Å². The highest BCUT2D eigenvalue weighted by Gasteiger charge is 2.09. The third-order valence-electron chi connectivity index (χ3n) is 2.71. The van der Waals surface area contributed by atoms with E-state index >= 15 is 0 Å². The Morgan fingerprint density at radius 2 is 2.22 bits per heavy atom. The summed E-state index contributed by atoms with van der Waals surface area (Å²) in [5.41, 5.74) is 8.16. The molecule has 0 bridgehead atoms. The molecule has 0 amide bonds. The van der Waals surface area contributed by atoms with E-state index in [4.69, 9.17) is 17.3 Å². The maximum atomic E-state index is 13.0. The van der Waals surface area contributed by atoms with E-state index in [0.29, 0.717) is 12.2 Å². The molecule has 0 unspecified atom stereocenters. The van der Waals surface area contributed by atoms with Gasteiger partial charge in [0.15, 0.2) is 0 Å². The average Bonchev–Trinajstić information content (AvgIpc) is 2.56. The van der Waals surface area contributed by atoms with Crippen LogP contribution in [0.1, 0.15) is 11.3 Å². The van der Waals surface area contributed by atoms with Crippen LogP contribution in [0.4, 0.5) is 15.9 Å². The van der Waals surface area contributed by atoms with Gasteiger partial charge >= 0.3 is 0 Å². The highest BCUT2D eigenvalue weighted by atomic mass is 35.5. The smallest absolute Gasteiger partial charge is 0.148 e. The fraction of sp³-hybridized carbons (Fsp3) is 0.250. The highest BCUT2D eigenvalue weighted by molar-refractivity contribution is 6.30. The first-order valence-electron chi connectivity index (χ1n) is 5.46. The van der Waals surface area contributed by atoms with Crippen LogP contribution < -0.4 is 11.1 Å². The Kier molecular flexibility index (Phi) is 3.43. The van der Waals surface area contributed by atoms with E-state index in [1.165, 1.54) is 6.07 Å². The lowest BCUT2D eigenvalue weighted by Crippen LogP contribution is -2.06. The van der Waals surface area contributed by atoms with Crippen LogP contribution in [0.15, 0.2) is 18.2 Å². The molecule has 18 heavy (non-hydrogen) atoms. The van der Waals surface area contributed by atoms with E-state index in [1.807, 2.05) is 14.0 Å². The summed E-state index contributed by atoms with van der Waals surface area (Å²) in [6.07, 6.45) is 0. The van der Waals surface area contributed by atoms with Gasteiger partial charge in [0.05, 0.1) is 16.4 Å². The van der Waals surface area contributed by atoms with Crippen LogP contribution in [0.3, 0.4) is 0 Å². The number of aromatic nitrogens is 2. The molecule has 0 saturated carbocycles. The van der Waals surface area contributed by atoms with Crippen LogP contribution >= 0.6 is 11.6 Å². The number of rotatable bonds is 3. The number of nitrogen functional groups attached to an aromatic ring is 1. The third-order valence-corrected chi connectivity index (χ3v) is 3.00. The van der Waals surface area contributed by atoms with Crippen molar-refractivity contribution >= 4 is 23.1 Å². The maximum absolute atomic E-state index is 13.0. The van der Waals surface area contributed by atoms with Crippen molar-refractivity contribution in [1.29, 1.82) is 0 Å². The fourth-order valence-electron chi connectivity index (χ4n) is 1.72. The molecule has 96 valence electrons. The van der Waals surface area contributed by atoms with Gasteiger partial charge in [0.2, 0.25) is 0 Å². The molecule has 0 aliphatic carbocycles. The van der Waals surface area contributed by atoms with Gasteiger partial charge in [-0.2, -0.15) is 5.10 Å². The number of hydrogen-bond acceptors (Lipinski definition) is 3. The second-order valence-corrected chi connectivity index (χ2v) is 4.48. The summed E-state index contributed by atoms with van der Waals surface area (Å²) in [5, 5.41) is 7.47. The Morgan fingerprint density at radius 1 is 1.50 bits per heavy atom. The molecule has 1 aromatic heterocycles. The van der Waals surface area contributed by atoms with Gasteiger partial charge in [-0.05, 0) is 24.6 Å². The molecule has 0 atom stereocenters. The number of benzene rings is 1. The molecular weight excluding hydrogens is 255 g/mol. The van der Waals surface area contributed by atoms with Crippen molar-refractivity contribution in [2.24, 2.45) is 7.05 Å². The lowest BCUT2D eigenvalue weighted by molar-refractivity contribution is 0.627. The van der Waals surface area contributed by atoms with Crippen molar-refractivity contribution in [2.45, 2.75) is 13.5 Å². The molecule has 0 aliphatic rings. The minimum Gasteiger partial charge on any atom is -0.394 e. The van der Waals surface area contributed by atoms with Crippen molar-refractivity contribution in [1.82, 2.24) is 9.78 Å². The van der Waals surface area contributed by atoms with Gasteiger partial charge in [-0.1, -0.05) is 17.7 Å². The van der Waals surface area contributed by atoms with Gasteiger partial charge in [0.25, 0.3) is 0 Å². The molecule has 3 N–H and O–H groups in total. The second kappa shape index (κ2) is 4.86. The van der Waals surface area contributed by atoms with Crippen molar-refractivity contribution in [3.05, 3.63) is 40.3 Å². The molecule has 4 nitrogen and oxygen atoms in total. The van der Waals surface area contributed by atoms with E-state index in [-0.39, 0.29) is 5.02 Å². The quantitative estimate of drug-likeness (QED) is 0.900. The van der Waals surface area contributed by atoms with E-state index in [2.05, 4.69) is 10.4 Å². The molecule has 0 spiro atoms. The Bertz CT molecular complexity index is 580. The summed E-state index contributed by atoms with van der Waals surface area (Å²) in [7, 11) is 1.81. The van der Waals surface area contributed by atoms with Gasteiger partial charge in [0, 0.05) is 13.6 Å². The zero-order valence-corrected chi connectivity index (χ0v) is 10.9. The van der Waals surface area contributed by atoms with Crippen molar-refractivity contribution < 1.29 is 4.39 Å². The second-order valence-electron chi connectivity index (χ2n) is 4.07. The lowest BCUT2D eigenvalue weighted by Gasteiger charge is -2.08. The molecule has 1 heterocycles. The number of aryl methyl sites for hydroxylation is 2.